The van der Waals surface area contributed by atoms with E-state index in [1.807, 2.05) is 13.8 Å². The van der Waals surface area contributed by atoms with Gasteiger partial charge in [-0.1, -0.05) is 27.7 Å². The summed E-state index contributed by atoms with van der Waals surface area (Å²) in [5.41, 5.74) is 4.38. The molecule has 108 valence electrons. The first kappa shape index (κ1) is 17.4. The molecule has 0 saturated heterocycles. The summed E-state index contributed by atoms with van der Waals surface area (Å²) in [5.74, 6) is 0.354. The summed E-state index contributed by atoms with van der Waals surface area (Å²) in [7, 11) is 0. The lowest BCUT2D eigenvalue weighted by molar-refractivity contribution is -0.132. The normalized spacial score (nSPS) is 15.6. The number of aliphatic hydroxyl groups is 1. The van der Waals surface area contributed by atoms with Crippen molar-refractivity contribution in [1.29, 1.82) is 0 Å². The van der Waals surface area contributed by atoms with Crippen LogP contribution in [0.25, 0.3) is 0 Å². The van der Waals surface area contributed by atoms with Crippen LogP contribution in [0.5, 0.6) is 0 Å². The molecule has 0 aromatic rings. The Morgan fingerprint density at radius 3 is 2.17 bits per heavy atom. The lowest BCUT2D eigenvalue weighted by atomic mass is 9.81. The Morgan fingerprint density at radius 2 is 1.83 bits per heavy atom. The fraction of sp³-hybridized carbons (Fsp3) is 0.929. The van der Waals surface area contributed by atoms with Crippen molar-refractivity contribution in [2.24, 2.45) is 17.1 Å². The molecule has 1 amide bonds. The number of nitrogens with one attached hydrogen (secondary N) is 1. The molecule has 0 saturated carbocycles. The summed E-state index contributed by atoms with van der Waals surface area (Å²) < 4.78 is 0. The van der Waals surface area contributed by atoms with Gasteiger partial charge in [0.05, 0.1) is 11.0 Å². The maximum Gasteiger partial charge on any atom is 0.227 e. The zero-order valence-electron chi connectivity index (χ0n) is 12.5. The lowest BCUT2D eigenvalue weighted by Gasteiger charge is -2.31. The third kappa shape index (κ3) is 4.94. The minimum Gasteiger partial charge on any atom is -0.388 e. The van der Waals surface area contributed by atoms with Crippen molar-refractivity contribution in [3.05, 3.63) is 0 Å². The Labute approximate surface area is 111 Å². The molecule has 1 atom stereocenters. The second kappa shape index (κ2) is 7.10. The molecule has 4 heteroatoms. The van der Waals surface area contributed by atoms with Gasteiger partial charge in [0.1, 0.15) is 0 Å². The fourth-order valence-corrected chi connectivity index (χ4v) is 2.36. The highest BCUT2D eigenvalue weighted by atomic mass is 16.3. The quantitative estimate of drug-likeness (QED) is 0.620. The van der Waals surface area contributed by atoms with Gasteiger partial charge in [0.2, 0.25) is 5.91 Å². The van der Waals surface area contributed by atoms with Gasteiger partial charge in [-0.2, -0.15) is 0 Å². The van der Waals surface area contributed by atoms with Gasteiger partial charge in [0, 0.05) is 13.1 Å². The summed E-state index contributed by atoms with van der Waals surface area (Å²) in [6, 6.07) is 0. The third-order valence-electron chi connectivity index (χ3n) is 3.70. The largest absolute Gasteiger partial charge is 0.388 e. The SMILES string of the molecule is CCC(CC)(CN)C(=O)NCC(C)(O)CC(C)C. The summed E-state index contributed by atoms with van der Waals surface area (Å²) >= 11 is 0. The standard InChI is InChI=1S/C14H30N2O2/c1-6-14(7-2,9-15)12(17)16-10-13(5,18)8-11(3)4/h11,18H,6-10,15H2,1-5H3,(H,16,17). The van der Waals surface area contributed by atoms with Crippen LogP contribution in [0.15, 0.2) is 0 Å². The van der Waals surface area contributed by atoms with Crippen LogP contribution in [0.2, 0.25) is 0 Å². The highest BCUT2D eigenvalue weighted by Gasteiger charge is 2.34. The van der Waals surface area contributed by atoms with Crippen molar-refractivity contribution in [2.45, 2.75) is 59.5 Å². The second-order valence-corrected chi connectivity index (χ2v) is 5.97. The van der Waals surface area contributed by atoms with Gasteiger partial charge in [0.25, 0.3) is 0 Å². The summed E-state index contributed by atoms with van der Waals surface area (Å²) in [6.45, 7) is 10.4. The van der Waals surface area contributed by atoms with Crippen LogP contribution in [0.3, 0.4) is 0 Å². The highest BCUT2D eigenvalue weighted by Crippen LogP contribution is 2.25. The molecule has 0 bridgehead atoms. The molecule has 4 N–H and O–H groups in total. The number of nitrogens with two attached hydrogens (primary N) is 1. The van der Waals surface area contributed by atoms with E-state index in [4.69, 9.17) is 5.73 Å². The smallest absolute Gasteiger partial charge is 0.227 e. The number of carbonyl (C=O) groups is 1. The molecule has 0 aliphatic carbocycles. The number of amides is 1. The predicted octanol–water partition coefficient (Wildman–Crippen LogP) is 1.66. The molecule has 1 unspecified atom stereocenters. The molecule has 0 aromatic heterocycles. The van der Waals surface area contributed by atoms with Crippen molar-refractivity contribution in [3.8, 4) is 0 Å². The van der Waals surface area contributed by atoms with Gasteiger partial charge in [-0.15, -0.1) is 0 Å². The van der Waals surface area contributed by atoms with Crippen molar-refractivity contribution in [1.82, 2.24) is 5.32 Å². The first-order valence-corrected chi connectivity index (χ1v) is 6.93. The van der Waals surface area contributed by atoms with Crippen molar-refractivity contribution in [3.63, 3.8) is 0 Å². The molecule has 0 aromatic carbocycles. The van der Waals surface area contributed by atoms with Crippen LogP contribution in [0.1, 0.15) is 53.9 Å². The average molecular weight is 258 g/mol. The summed E-state index contributed by atoms with van der Waals surface area (Å²) in [4.78, 5) is 12.2. The molecule has 0 spiro atoms. The lowest BCUT2D eigenvalue weighted by Crippen LogP contribution is -2.50. The Kier molecular flexibility index (Phi) is 6.86. The van der Waals surface area contributed by atoms with E-state index in [1.54, 1.807) is 6.92 Å². The van der Waals surface area contributed by atoms with E-state index in [0.29, 0.717) is 18.9 Å². The monoisotopic (exact) mass is 258 g/mol. The molecule has 18 heavy (non-hydrogen) atoms. The van der Waals surface area contributed by atoms with E-state index in [-0.39, 0.29) is 12.5 Å². The molecular weight excluding hydrogens is 228 g/mol. The Balaban J connectivity index is 4.49. The first-order chi connectivity index (χ1) is 8.23. The van der Waals surface area contributed by atoms with Crippen LogP contribution in [-0.4, -0.2) is 29.7 Å². The second-order valence-electron chi connectivity index (χ2n) is 5.97. The van der Waals surface area contributed by atoms with Crippen molar-refractivity contribution >= 4 is 5.91 Å². The fourth-order valence-electron chi connectivity index (χ4n) is 2.36. The highest BCUT2D eigenvalue weighted by molar-refractivity contribution is 5.82. The van der Waals surface area contributed by atoms with Gasteiger partial charge in [-0.25, -0.2) is 0 Å². The zero-order chi connectivity index (χ0) is 14.4. The van der Waals surface area contributed by atoms with Gasteiger partial charge >= 0.3 is 0 Å². The minimum absolute atomic E-state index is 0.0426. The molecule has 0 aliphatic rings. The van der Waals surface area contributed by atoms with Crippen LogP contribution < -0.4 is 11.1 Å². The first-order valence-electron chi connectivity index (χ1n) is 6.93. The Morgan fingerprint density at radius 1 is 1.33 bits per heavy atom. The maximum atomic E-state index is 12.2. The van der Waals surface area contributed by atoms with Gasteiger partial charge in [0.15, 0.2) is 0 Å². The summed E-state index contributed by atoms with van der Waals surface area (Å²) in [6.07, 6.45) is 2.11. The molecule has 0 aliphatic heterocycles. The van der Waals surface area contributed by atoms with E-state index in [1.165, 1.54) is 0 Å². The van der Waals surface area contributed by atoms with Gasteiger partial charge in [-0.3, -0.25) is 4.79 Å². The topological polar surface area (TPSA) is 75.4 Å². The van der Waals surface area contributed by atoms with Crippen molar-refractivity contribution in [2.75, 3.05) is 13.1 Å². The number of rotatable bonds is 8. The van der Waals surface area contributed by atoms with Crippen molar-refractivity contribution < 1.29 is 9.90 Å². The number of carbonyl (C=O) groups excluding carboxylic acids is 1. The van der Waals surface area contributed by atoms with E-state index in [2.05, 4.69) is 19.2 Å². The Bertz CT molecular complexity index is 250. The van der Waals surface area contributed by atoms with Crippen LogP contribution >= 0.6 is 0 Å². The predicted molar refractivity (Wildman–Crippen MR) is 75.2 cm³/mol. The molecule has 0 fully saturated rings. The van der Waals surface area contributed by atoms with E-state index >= 15 is 0 Å². The van der Waals surface area contributed by atoms with Gasteiger partial charge in [-0.05, 0) is 32.1 Å². The molecule has 0 rings (SSSR count). The molecule has 0 radical (unpaired) electrons. The maximum absolute atomic E-state index is 12.2. The minimum atomic E-state index is -0.856. The molecule has 4 nitrogen and oxygen atoms in total. The summed E-state index contributed by atoms with van der Waals surface area (Å²) in [5, 5.41) is 13.0. The zero-order valence-corrected chi connectivity index (χ0v) is 12.5. The third-order valence-corrected chi connectivity index (χ3v) is 3.70. The number of hydrogen-bond acceptors (Lipinski definition) is 3. The Hall–Kier alpha value is -0.610. The van der Waals surface area contributed by atoms with Crippen LogP contribution in [0, 0.1) is 11.3 Å². The van der Waals surface area contributed by atoms with Gasteiger partial charge < -0.3 is 16.2 Å². The van der Waals surface area contributed by atoms with E-state index in [0.717, 1.165) is 12.8 Å². The van der Waals surface area contributed by atoms with Crippen LogP contribution in [0.4, 0.5) is 0 Å². The van der Waals surface area contributed by atoms with E-state index in [9.17, 15) is 9.90 Å². The van der Waals surface area contributed by atoms with E-state index < -0.39 is 11.0 Å². The van der Waals surface area contributed by atoms with Crippen LogP contribution in [-0.2, 0) is 4.79 Å². The molecule has 0 heterocycles. The number of hydrogen-bond donors (Lipinski definition) is 3. The average Bonchev–Trinajstić information content (AvgIpc) is 2.28. The molecular formula is C14H30N2O2.